The summed E-state index contributed by atoms with van der Waals surface area (Å²) >= 11 is 1.97. The molecule has 7 saturated heterocycles. The Hall–Kier alpha value is -2.69. The Bertz CT molecular complexity index is 3540. The molecule has 766 valence electrons. The molecule has 9 aliphatic rings. The quantitative estimate of drug-likeness (QED) is 0.0654. The summed E-state index contributed by atoms with van der Waals surface area (Å²) in [7, 11) is 1.55. The molecule has 0 amide bonds. The Morgan fingerprint density at radius 3 is 1.19 bits per heavy atom. The van der Waals surface area contributed by atoms with Gasteiger partial charge in [0.1, 0.15) is 72.2 Å². The first-order chi connectivity index (χ1) is 60.0. The highest BCUT2D eigenvalue weighted by Gasteiger charge is 2.60. The third-order valence-electron chi connectivity index (χ3n) is 27.0. The molecule has 0 aromatic heterocycles. The van der Waals surface area contributed by atoms with Crippen molar-refractivity contribution >= 4 is 11.8 Å². The molecule has 8 heterocycles. The Morgan fingerprint density at radius 1 is 0.427 bits per heavy atom. The average molecular weight is 1880 g/mol. The summed E-state index contributed by atoms with van der Waals surface area (Å²) in [4.78, 5) is 0. The summed E-state index contributed by atoms with van der Waals surface area (Å²) in [5.74, 6) is 1.92. The maximum absolute atomic E-state index is 10.4. The zero-order valence-electron chi connectivity index (χ0n) is 88.0. The van der Waals surface area contributed by atoms with Crippen LogP contribution in [-0.4, -0.2) is 280 Å². The van der Waals surface area contributed by atoms with Crippen LogP contribution in [0.4, 0.5) is 0 Å². The lowest BCUT2D eigenvalue weighted by Crippen LogP contribution is -2.52. The molecule has 0 spiro atoms. The summed E-state index contributed by atoms with van der Waals surface area (Å²) in [6.45, 7) is 74.6. The second-order valence-electron chi connectivity index (χ2n) is 48.1. The first kappa shape index (κ1) is 122. The molecule has 2 aromatic carbocycles. The molecule has 14 N–H and O–H groups in total. The fourth-order valence-corrected chi connectivity index (χ4v) is 20.8. The molecular weight excluding hydrogens is 1690 g/mol. The van der Waals surface area contributed by atoms with E-state index in [4.69, 9.17) is 83.1 Å². The third-order valence-corrected chi connectivity index (χ3v) is 29.1. The molecule has 30 unspecified atom stereocenters. The lowest BCUT2D eigenvalue weighted by atomic mass is 9.74. The van der Waals surface area contributed by atoms with E-state index in [0.717, 1.165) is 24.5 Å². The highest BCUT2D eigenvalue weighted by Crippen LogP contribution is 2.50. The molecule has 1 aliphatic carbocycles. The predicted molar refractivity (Wildman–Crippen MR) is 524 cm³/mol. The number of thioether (sulfide) groups is 1. The topological polar surface area (TPSA) is 376 Å². The molecule has 131 heavy (non-hydrogen) atoms. The van der Waals surface area contributed by atoms with Crippen LogP contribution in [0.1, 0.15) is 292 Å². The van der Waals surface area contributed by atoms with Gasteiger partial charge in [-0.25, -0.2) is 0 Å². The van der Waals surface area contributed by atoms with Gasteiger partial charge in [0.15, 0.2) is 0 Å². The molecule has 30 atom stereocenters. The van der Waals surface area contributed by atoms with E-state index in [2.05, 4.69) is 206 Å². The van der Waals surface area contributed by atoms with Crippen molar-refractivity contribution in [2.45, 2.75) is 450 Å². The van der Waals surface area contributed by atoms with Gasteiger partial charge in [0, 0.05) is 42.0 Å². The van der Waals surface area contributed by atoms with Crippen molar-refractivity contribution in [1.82, 2.24) is 0 Å². The number of benzene rings is 2. The van der Waals surface area contributed by atoms with Crippen molar-refractivity contribution in [2.24, 2.45) is 72.4 Å². The van der Waals surface area contributed by atoms with Crippen LogP contribution < -0.4 is 0 Å². The lowest BCUT2D eigenvalue weighted by Gasteiger charge is -2.40. The molecule has 0 saturated carbocycles. The molecule has 8 aliphatic heterocycles. The number of aliphatic hydroxyl groups excluding tert-OH is 12. The fourth-order valence-electron chi connectivity index (χ4n) is 19.3. The first-order valence-corrected chi connectivity index (χ1v) is 49.5. The van der Waals surface area contributed by atoms with Gasteiger partial charge in [-0.3, -0.25) is 0 Å². The summed E-state index contributed by atoms with van der Waals surface area (Å²) in [5, 5.41) is 133. The van der Waals surface area contributed by atoms with Crippen LogP contribution in [0.5, 0.6) is 0 Å². The normalized spacial score (nSPS) is 36.0. The molecule has 11 rings (SSSR count). The van der Waals surface area contributed by atoms with E-state index in [-0.39, 0.29) is 125 Å². The number of hydrogen-bond acceptors (Lipinski definition) is 25. The van der Waals surface area contributed by atoms with Crippen LogP contribution in [0.25, 0.3) is 0 Å². The minimum absolute atomic E-state index is 0.0730. The van der Waals surface area contributed by atoms with Crippen molar-refractivity contribution in [3.63, 3.8) is 0 Å². The minimum atomic E-state index is -1.30. The molecule has 24 nitrogen and oxygen atoms in total. The van der Waals surface area contributed by atoms with Gasteiger partial charge in [0.25, 0.3) is 0 Å². The van der Waals surface area contributed by atoms with E-state index in [0.29, 0.717) is 78.7 Å². The van der Waals surface area contributed by atoms with Crippen molar-refractivity contribution in [2.75, 3.05) is 53.4 Å². The fraction of sp³-hybridized carbons (Fsp3) is 0.849. The van der Waals surface area contributed by atoms with Crippen molar-refractivity contribution in [3.05, 3.63) is 95.6 Å². The number of hydrogen-bond donors (Lipinski definition) is 14. The second-order valence-corrected chi connectivity index (χ2v) is 49.6. The SMILES string of the molecule is CC(C)(C)C1C=CC(CO)C1.CC(C)(C)C1CCC(CO)S1.CC(C)(C)C1OC(CO)C(O)C1(C)O.CC(C)(C)C1OC(CO)C(O)C1O.CC1=CC(CO)OC1C(C)(C)C.CCC1(O)C(O)C(CO)OC1C(C)(C)C.CCC1OC(C(C)(C)C)C(C)(OCc2ccccc2)C1C.CCC1OC(C(C)(C)C)C(OCc2ccccc2)C1C.COC1C(O)C(CO)OC1C(C)(C)C. The van der Waals surface area contributed by atoms with Crippen LogP contribution in [0.2, 0.25) is 0 Å². The van der Waals surface area contributed by atoms with Gasteiger partial charge in [-0.05, 0) is 131 Å². The van der Waals surface area contributed by atoms with E-state index in [1.54, 1.807) is 14.0 Å². The van der Waals surface area contributed by atoms with Gasteiger partial charge < -0.3 is 119 Å². The lowest BCUT2D eigenvalue weighted by molar-refractivity contribution is -0.137. The van der Waals surface area contributed by atoms with Gasteiger partial charge >= 0.3 is 0 Å². The third kappa shape index (κ3) is 34.9. The molecule has 0 bridgehead atoms. The monoisotopic (exact) mass is 1880 g/mol. The first-order valence-electron chi connectivity index (χ1n) is 48.6. The smallest absolute Gasteiger partial charge is 0.119 e. The maximum Gasteiger partial charge on any atom is 0.119 e. The van der Waals surface area contributed by atoms with E-state index in [1.807, 2.05) is 120 Å². The largest absolute Gasteiger partial charge is 0.396 e. The molecule has 7 fully saturated rings. The van der Waals surface area contributed by atoms with Gasteiger partial charge in [0.2, 0.25) is 0 Å². The average Bonchev–Trinajstić information content (AvgIpc) is 1.63. The summed E-state index contributed by atoms with van der Waals surface area (Å²) in [6, 6.07) is 20.8. The van der Waals surface area contributed by atoms with Gasteiger partial charge in [-0.15, -0.1) is 0 Å². The Balaban J connectivity index is 0.000000383. The highest BCUT2D eigenvalue weighted by molar-refractivity contribution is 8.00. The minimum Gasteiger partial charge on any atom is -0.396 e. The number of ether oxygens (including phenoxy) is 10. The van der Waals surface area contributed by atoms with E-state index in [9.17, 15) is 35.7 Å². The van der Waals surface area contributed by atoms with E-state index >= 15 is 0 Å². The van der Waals surface area contributed by atoms with Gasteiger partial charge in [-0.1, -0.05) is 300 Å². The van der Waals surface area contributed by atoms with E-state index in [1.165, 1.54) is 29.5 Å². The van der Waals surface area contributed by atoms with Crippen LogP contribution in [0.15, 0.2) is 84.5 Å². The number of methoxy groups -OCH3 is 1. The number of aliphatic hydroxyl groups is 14. The standard InChI is InChI=1S/C19H30O2.C18H28O2.C11H22O4.2C10H20O4.C10H18O2.C10H18O.C9H18O4.C9H18OS/c1-7-16-14(2)19(6,17(21-16)18(3,4)5)20-13-15-11-9-8-10-12-15;1-6-15-13(2)16(17(20-15)18(3,4)5)19-12-14-10-8-7-9-11-14;1-5-11(14)8(13)7(6-12)15-9(11)10(2,3)4;1-9(2,3)8-10(4,13)7(12)6(5-11)14-8;1-10(2,3)9-8(13-4)7(12)6(5-11)14-9;1-7-5-8(6-11)12-9(7)10(2,3)4;1-10(2,3)9-5-4-8(6-9)7-11;1-9(2,3)8-7(12)6(11)5(4-10)13-8;1-9(2,3)8-5-4-7(6-10)11-8/h8-12,14,16-17H,7,13H2,1-6H3;7-11,13,15-17H,6,12H2,1-5H3;7-9,12-14H,5-6H2,1-4H3;6-8,11-13H,5H2,1-4H3;6-9,11-12H,5H2,1-4H3;5,8-9,11H,6H2,1-4H3;4-5,8-9,11H,6-7H2,1-3H3;5-8,10-12H,4H2,1-3H3;7-8,10H,4-6H2,1-3H3. The predicted octanol–water partition coefficient (Wildman–Crippen LogP) is 15.4. The highest BCUT2D eigenvalue weighted by atomic mass is 32.2. The summed E-state index contributed by atoms with van der Waals surface area (Å²) < 4.78 is 58.1. The van der Waals surface area contributed by atoms with Crippen molar-refractivity contribution in [1.29, 1.82) is 0 Å². The molecule has 0 radical (unpaired) electrons. The van der Waals surface area contributed by atoms with Crippen molar-refractivity contribution < 1.29 is 119 Å². The Morgan fingerprint density at radius 2 is 0.870 bits per heavy atom. The number of rotatable bonds is 17. The molecule has 2 aromatic rings. The maximum atomic E-state index is 10.4. The van der Waals surface area contributed by atoms with Crippen molar-refractivity contribution in [3.8, 4) is 0 Å². The van der Waals surface area contributed by atoms with Crippen LogP contribution in [-0.2, 0) is 60.6 Å². The second kappa shape index (κ2) is 51.6. The van der Waals surface area contributed by atoms with Crippen LogP contribution in [0, 0.1) is 72.4 Å². The summed E-state index contributed by atoms with van der Waals surface area (Å²) in [6.07, 6.45) is 4.57. The Kier molecular flexibility index (Phi) is 48.3. The Labute approximate surface area is 797 Å². The number of allylic oxidation sites excluding steroid dienone is 1. The van der Waals surface area contributed by atoms with E-state index < -0.39 is 84.4 Å². The molecule has 25 heteroatoms. The summed E-state index contributed by atoms with van der Waals surface area (Å²) in [5.41, 5.74) is 1.10. The van der Waals surface area contributed by atoms with Gasteiger partial charge in [0.05, 0.1) is 126 Å². The van der Waals surface area contributed by atoms with Crippen LogP contribution in [0.3, 0.4) is 0 Å². The molecular formula is C106H192O24S. The zero-order chi connectivity index (χ0) is 101. The zero-order valence-corrected chi connectivity index (χ0v) is 88.8. The van der Waals surface area contributed by atoms with Crippen LogP contribution >= 0.6 is 11.8 Å². The van der Waals surface area contributed by atoms with Gasteiger partial charge in [-0.2, -0.15) is 11.8 Å².